The average molecular weight is 357 g/mol. The zero-order valence-electron chi connectivity index (χ0n) is 14.7. The highest BCUT2D eigenvalue weighted by Crippen LogP contribution is 2.23. The minimum Gasteiger partial charge on any atom is -0.423 e. The van der Waals surface area contributed by atoms with Crippen molar-refractivity contribution in [3.63, 3.8) is 0 Å². The highest BCUT2D eigenvalue weighted by molar-refractivity contribution is 5.79. The van der Waals surface area contributed by atoms with Crippen molar-refractivity contribution in [2.24, 2.45) is 5.73 Å². The fraction of sp³-hybridized carbons (Fsp3) is 0.0909. The monoisotopic (exact) mass is 357 g/mol. The predicted molar refractivity (Wildman–Crippen MR) is 106 cm³/mol. The molecule has 134 valence electrons. The maximum atomic E-state index is 12.0. The summed E-state index contributed by atoms with van der Waals surface area (Å²) in [5, 5.41) is 10.6. The molecule has 0 radical (unpaired) electrons. The first-order valence-corrected chi connectivity index (χ1v) is 8.73. The minimum atomic E-state index is -0.479. The first kappa shape index (κ1) is 17.0. The van der Waals surface area contributed by atoms with E-state index < -0.39 is 5.56 Å². The zero-order chi connectivity index (χ0) is 18.8. The molecule has 2 aromatic heterocycles. The van der Waals surface area contributed by atoms with E-state index in [1.807, 2.05) is 18.2 Å². The Morgan fingerprint density at radius 1 is 0.926 bits per heavy atom. The number of fused-ring (bicyclic) bond motifs is 1. The molecule has 0 fully saturated rings. The summed E-state index contributed by atoms with van der Waals surface area (Å²) in [7, 11) is 0. The quantitative estimate of drug-likeness (QED) is 0.549. The summed E-state index contributed by atoms with van der Waals surface area (Å²) in [6.45, 7) is 0.536. The van der Waals surface area contributed by atoms with Gasteiger partial charge in [0.1, 0.15) is 0 Å². The standard InChI is InChI=1S/C22H19N3O2/c23-14-16-5-9-18(10-6-16)17-7-3-15(4-8-17)12-19-13-21(26)25(27)22-20(19)2-1-11-24-22/h1-11,13,27H,12,14,23H2. The fourth-order valence-corrected chi connectivity index (χ4v) is 3.22. The molecule has 3 N–H and O–H groups in total. The Morgan fingerprint density at radius 2 is 1.56 bits per heavy atom. The van der Waals surface area contributed by atoms with Gasteiger partial charge in [0.25, 0.3) is 5.56 Å². The SMILES string of the molecule is NCc1ccc(-c2ccc(Cc3cc(=O)n(O)c4ncccc34)cc2)cc1. The third kappa shape index (κ3) is 3.32. The Balaban J connectivity index is 1.65. The maximum absolute atomic E-state index is 12.0. The third-order valence-corrected chi connectivity index (χ3v) is 4.71. The van der Waals surface area contributed by atoms with Crippen LogP contribution in [0.4, 0.5) is 0 Å². The zero-order valence-corrected chi connectivity index (χ0v) is 14.7. The van der Waals surface area contributed by atoms with E-state index in [0.717, 1.165) is 33.2 Å². The van der Waals surface area contributed by atoms with E-state index in [1.54, 1.807) is 12.3 Å². The predicted octanol–water partition coefficient (Wildman–Crippen LogP) is 3.35. The molecule has 4 rings (SSSR count). The molecule has 2 heterocycles. The third-order valence-electron chi connectivity index (χ3n) is 4.71. The lowest BCUT2D eigenvalue weighted by molar-refractivity contribution is 0.186. The molecule has 2 aromatic carbocycles. The van der Waals surface area contributed by atoms with Gasteiger partial charge in [0.2, 0.25) is 0 Å². The van der Waals surface area contributed by atoms with Crippen LogP contribution in [0.25, 0.3) is 22.2 Å². The van der Waals surface area contributed by atoms with Crippen molar-refractivity contribution in [3.05, 3.63) is 100.0 Å². The van der Waals surface area contributed by atoms with E-state index in [1.165, 1.54) is 6.07 Å². The molecule has 0 saturated heterocycles. The van der Waals surface area contributed by atoms with Crippen LogP contribution in [0.1, 0.15) is 16.7 Å². The molecular formula is C22H19N3O2. The Bertz CT molecular complexity index is 1150. The molecule has 0 unspecified atom stereocenters. The van der Waals surface area contributed by atoms with Gasteiger partial charge < -0.3 is 10.9 Å². The molecule has 0 aliphatic rings. The summed E-state index contributed by atoms with van der Waals surface area (Å²) in [4.78, 5) is 16.1. The van der Waals surface area contributed by atoms with E-state index in [4.69, 9.17) is 5.73 Å². The van der Waals surface area contributed by atoms with Crippen molar-refractivity contribution in [2.75, 3.05) is 0 Å². The van der Waals surface area contributed by atoms with Crippen LogP contribution >= 0.6 is 0 Å². The molecule has 0 spiro atoms. The van der Waals surface area contributed by atoms with Crippen LogP contribution in [0.3, 0.4) is 0 Å². The molecule has 0 aliphatic heterocycles. The molecule has 0 saturated carbocycles. The van der Waals surface area contributed by atoms with Gasteiger partial charge in [0.05, 0.1) is 0 Å². The number of nitrogens with zero attached hydrogens (tertiary/aromatic N) is 2. The molecular weight excluding hydrogens is 338 g/mol. The van der Waals surface area contributed by atoms with Crippen molar-refractivity contribution in [1.82, 2.24) is 9.71 Å². The molecule has 5 heteroatoms. The van der Waals surface area contributed by atoms with Crippen molar-refractivity contribution >= 4 is 11.0 Å². The summed E-state index contributed by atoms with van der Waals surface area (Å²) in [6, 6.07) is 21.6. The van der Waals surface area contributed by atoms with Crippen LogP contribution in [-0.2, 0) is 13.0 Å². The topological polar surface area (TPSA) is 81.1 Å². The first-order chi connectivity index (χ1) is 13.2. The number of hydrogen-bond donors (Lipinski definition) is 2. The van der Waals surface area contributed by atoms with Gasteiger partial charge >= 0.3 is 0 Å². The molecule has 0 atom stereocenters. The largest absolute Gasteiger partial charge is 0.423 e. The summed E-state index contributed by atoms with van der Waals surface area (Å²) in [5.74, 6) is 0. The van der Waals surface area contributed by atoms with Crippen molar-refractivity contribution in [1.29, 1.82) is 0 Å². The van der Waals surface area contributed by atoms with Crippen LogP contribution in [0, 0.1) is 0 Å². The lowest BCUT2D eigenvalue weighted by Crippen LogP contribution is -2.19. The van der Waals surface area contributed by atoms with Crippen molar-refractivity contribution < 1.29 is 5.21 Å². The number of pyridine rings is 2. The van der Waals surface area contributed by atoms with Gasteiger partial charge in [-0.25, -0.2) is 4.98 Å². The fourth-order valence-electron chi connectivity index (χ4n) is 3.22. The van der Waals surface area contributed by atoms with Crippen LogP contribution in [0.5, 0.6) is 0 Å². The number of aromatic nitrogens is 2. The number of hydrogen-bond acceptors (Lipinski definition) is 4. The molecule has 0 bridgehead atoms. The normalized spacial score (nSPS) is 11.0. The summed E-state index contributed by atoms with van der Waals surface area (Å²) in [6.07, 6.45) is 2.15. The van der Waals surface area contributed by atoms with Crippen LogP contribution < -0.4 is 11.3 Å². The Labute approximate surface area is 156 Å². The Morgan fingerprint density at radius 3 is 2.19 bits per heavy atom. The first-order valence-electron chi connectivity index (χ1n) is 8.73. The van der Waals surface area contributed by atoms with Crippen LogP contribution in [0.15, 0.2) is 77.7 Å². The van der Waals surface area contributed by atoms with Gasteiger partial charge in [-0.3, -0.25) is 4.79 Å². The highest BCUT2D eigenvalue weighted by Gasteiger charge is 2.09. The van der Waals surface area contributed by atoms with E-state index in [9.17, 15) is 10.0 Å². The molecule has 5 nitrogen and oxygen atoms in total. The van der Waals surface area contributed by atoms with Gasteiger partial charge in [-0.2, -0.15) is 0 Å². The van der Waals surface area contributed by atoms with Crippen LogP contribution in [-0.4, -0.2) is 14.9 Å². The number of nitrogens with two attached hydrogens (primary N) is 1. The van der Waals surface area contributed by atoms with E-state index >= 15 is 0 Å². The van der Waals surface area contributed by atoms with Gasteiger partial charge in [-0.05, 0) is 46.4 Å². The lowest BCUT2D eigenvalue weighted by atomic mass is 9.98. The smallest absolute Gasteiger partial charge is 0.285 e. The summed E-state index contributed by atoms with van der Waals surface area (Å²) < 4.78 is 0.590. The maximum Gasteiger partial charge on any atom is 0.285 e. The summed E-state index contributed by atoms with van der Waals surface area (Å²) >= 11 is 0. The van der Waals surface area contributed by atoms with Crippen molar-refractivity contribution in [2.45, 2.75) is 13.0 Å². The lowest BCUT2D eigenvalue weighted by Gasteiger charge is -2.09. The molecule has 27 heavy (non-hydrogen) atoms. The molecule has 0 amide bonds. The number of rotatable bonds is 4. The summed E-state index contributed by atoms with van der Waals surface area (Å²) in [5.41, 5.74) is 10.7. The van der Waals surface area contributed by atoms with Crippen molar-refractivity contribution in [3.8, 4) is 11.1 Å². The second-order valence-electron chi connectivity index (χ2n) is 6.47. The van der Waals surface area contributed by atoms with E-state index in [-0.39, 0.29) is 5.65 Å². The van der Waals surface area contributed by atoms with Gasteiger partial charge in [0.15, 0.2) is 5.65 Å². The number of benzene rings is 2. The van der Waals surface area contributed by atoms with Gasteiger partial charge in [0, 0.05) is 24.2 Å². The van der Waals surface area contributed by atoms with E-state index in [2.05, 4.69) is 41.4 Å². The molecule has 4 aromatic rings. The van der Waals surface area contributed by atoms with Crippen LogP contribution in [0.2, 0.25) is 0 Å². The second-order valence-corrected chi connectivity index (χ2v) is 6.47. The second kappa shape index (κ2) is 7.05. The highest BCUT2D eigenvalue weighted by atomic mass is 16.5. The van der Waals surface area contributed by atoms with Gasteiger partial charge in [-0.15, -0.1) is 4.73 Å². The van der Waals surface area contributed by atoms with Gasteiger partial charge in [-0.1, -0.05) is 48.5 Å². The minimum absolute atomic E-state index is 0.275. The average Bonchev–Trinajstić information content (AvgIpc) is 2.72. The molecule has 0 aliphatic carbocycles. The Hall–Kier alpha value is -3.44. The Kier molecular flexibility index (Phi) is 4.44. The van der Waals surface area contributed by atoms with E-state index in [0.29, 0.717) is 17.7 Å².